The lowest BCUT2D eigenvalue weighted by Gasteiger charge is -2.25. The minimum Gasteiger partial charge on any atom is -0.392 e. The Balaban J connectivity index is 1.68. The van der Waals surface area contributed by atoms with Gasteiger partial charge in [-0.05, 0) is 49.4 Å². The zero-order chi connectivity index (χ0) is 13.2. The second-order valence-corrected chi connectivity index (χ2v) is 6.01. The van der Waals surface area contributed by atoms with E-state index < -0.39 is 0 Å². The predicted molar refractivity (Wildman–Crippen MR) is 77.2 cm³/mol. The fourth-order valence-electron chi connectivity index (χ4n) is 3.37. The SMILES string of the molecule is CNC1CCc2cc(CN3CCC(O)C3)ccc2C1. The van der Waals surface area contributed by atoms with E-state index in [0.717, 1.165) is 32.5 Å². The van der Waals surface area contributed by atoms with Gasteiger partial charge in [0.2, 0.25) is 0 Å². The molecule has 1 heterocycles. The molecule has 1 fully saturated rings. The van der Waals surface area contributed by atoms with Crippen molar-refractivity contribution in [1.82, 2.24) is 10.2 Å². The van der Waals surface area contributed by atoms with Gasteiger partial charge in [-0.3, -0.25) is 4.90 Å². The number of β-amino-alcohol motifs (C(OH)–C–C–N with tert-alkyl or cyclic N) is 1. The van der Waals surface area contributed by atoms with Crippen molar-refractivity contribution in [1.29, 1.82) is 0 Å². The van der Waals surface area contributed by atoms with Gasteiger partial charge in [-0.15, -0.1) is 0 Å². The fraction of sp³-hybridized carbons (Fsp3) is 0.625. The van der Waals surface area contributed by atoms with Crippen molar-refractivity contribution in [3.05, 3.63) is 34.9 Å². The molecule has 0 amide bonds. The number of hydrogen-bond acceptors (Lipinski definition) is 3. The molecule has 2 N–H and O–H groups in total. The third-order valence-electron chi connectivity index (χ3n) is 4.56. The first-order valence-electron chi connectivity index (χ1n) is 7.43. The molecule has 104 valence electrons. The van der Waals surface area contributed by atoms with Gasteiger partial charge in [0.1, 0.15) is 0 Å². The molecule has 0 radical (unpaired) electrons. The normalized spacial score (nSPS) is 27.5. The number of nitrogens with one attached hydrogen (secondary N) is 1. The first-order chi connectivity index (χ1) is 9.24. The summed E-state index contributed by atoms with van der Waals surface area (Å²) in [5.41, 5.74) is 4.44. The topological polar surface area (TPSA) is 35.5 Å². The Kier molecular flexibility index (Phi) is 3.87. The molecule has 1 saturated heterocycles. The molecule has 19 heavy (non-hydrogen) atoms. The van der Waals surface area contributed by atoms with Crippen molar-refractivity contribution in [3.63, 3.8) is 0 Å². The monoisotopic (exact) mass is 260 g/mol. The smallest absolute Gasteiger partial charge is 0.0679 e. The zero-order valence-electron chi connectivity index (χ0n) is 11.7. The standard InChI is InChI=1S/C16H24N2O/c1-17-15-5-4-13-8-12(2-3-14(13)9-15)10-18-7-6-16(19)11-18/h2-3,8,15-17,19H,4-7,9-11H2,1H3. The Labute approximate surface area is 115 Å². The summed E-state index contributed by atoms with van der Waals surface area (Å²) in [7, 11) is 2.06. The van der Waals surface area contributed by atoms with Crippen LogP contribution in [0, 0.1) is 0 Å². The second-order valence-electron chi connectivity index (χ2n) is 6.01. The van der Waals surface area contributed by atoms with Crippen LogP contribution in [-0.4, -0.2) is 42.3 Å². The van der Waals surface area contributed by atoms with E-state index in [1.54, 1.807) is 0 Å². The largest absolute Gasteiger partial charge is 0.392 e. The molecule has 3 nitrogen and oxygen atoms in total. The molecule has 1 aromatic rings. The van der Waals surface area contributed by atoms with E-state index in [0.29, 0.717) is 6.04 Å². The van der Waals surface area contributed by atoms with Gasteiger partial charge in [-0.2, -0.15) is 0 Å². The number of aliphatic hydroxyl groups excluding tert-OH is 1. The second kappa shape index (κ2) is 5.61. The predicted octanol–water partition coefficient (Wildman–Crippen LogP) is 1.33. The van der Waals surface area contributed by atoms with Crippen LogP contribution in [0.1, 0.15) is 29.5 Å². The van der Waals surface area contributed by atoms with Crippen molar-refractivity contribution in [3.8, 4) is 0 Å². The first-order valence-corrected chi connectivity index (χ1v) is 7.43. The van der Waals surface area contributed by atoms with Crippen molar-refractivity contribution in [2.45, 2.75) is 44.4 Å². The van der Waals surface area contributed by atoms with Gasteiger partial charge < -0.3 is 10.4 Å². The van der Waals surface area contributed by atoms with Crippen LogP contribution in [0.4, 0.5) is 0 Å². The highest BCUT2D eigenvalue weighted by Gasteiger charge is 2.21. The van der Waals surface area contributed by atoms with Crippen molar-refractivity contribution in [2.24, 2.45) is 0 Å². The maximum atomic E-state index is 9.58. The Morgan fingerprint density at radius 3 is 2.95 bits per heavy atom. The molecule has 0 bridgehead atoms. The van der Waals surface area contributed by atoms with Crippen LogP contribution in [0.3, 0.4) is 0 Å². The maximum absolute atomic E-state index is 9.58. The van der Waals surface area contributed by atoms with Crippen LogP contribution in [0.15, 0.2) is 18.2 Å². The average Bonchev–Trinajstić information content (AvgIpc) is 2.83. The minimum atomic E-state index is -0.117. The van der Waals surface area contributed by atoms with Crippen LogP contribution in [0.25, 0.3) is 0 Å². The van der Waals surface area contributed by atoms with Gasteiger partial charge in [0.15, 0.2) is 0 Å². The molecule has 1 aliphatic carbocycles. The molecular weight excluding hydrogens is 236 g/mol. The first kappa shape index (κ1) is 13.1. The molecule has 3 rings (SSSR count). The Morgan fingerprint density at radius 2 is 2.21 bits per heavy atom. The van der Waals surface area contributed by atoms with Gasteiger partial charge in [-0.1, -0.05) is 18.2 Å². The molecule has 2 aliphatic rings. The number of rotatable bonds is 3. The minimum absolute atomic E-state index is 0.117. The molecule has 3 heteroatoms. The van der Waals surface area contributed by atoms with E-state index in [4.69, 9.17) is 0 Å². The van der Waals surface area contributed by atoms with Crippen molar-refractivity contribution in [2.75, 3.05) is 20.1 Å². The molecule has 0 saturated carbocycles. The number of nitrogens with zero attached hydrogens (tertiary/aromatic N) is 1. The lowest BCUT2D eigenvalue weighted by Crippen LogP contribution is -2.31. The molecule has 0 spiro atoms. The number of aryl methyl sites for hydroxylation is 1. The zero-order valence-corrected chi connectivity index (χ0v) is 11.7. The van der Waals surface area contributed by atoms with Crippen LogP contribution in [-0.2, 0) is 19.4 Å². The summed E-state index contributed by atoms with van der Waals surface area (Å²) in [6, 6.07) is 7.60. The molecule has 1 aliphatic heterocycles. The number of likely N-dealkylation sites (tertiary alicyclic amines) is 1. The van der Waals surface area contributed by atoms with Crippen LogP contribution in [0.2, 0.25) is 0 Å². The van der Waals surface area contributed by atoms with Crippen molar-refractivity contribution >= 4 is 0 Å². The van der Waals surface area contributed by atoms with Crippen LogP contribution >= 0.6 is 0 Å². The van der Waals surface area contributed by atoms with E-state index in [9.17, 15) is 5.11 Å². The van der Waals surface area contributed by atoms with Crippen LogP contribution < -0.4 is 5.32 Å². The Morgan fingerprint density at radius 1 is 1.32 bits per heavy atom. The summed E-state index contributed by atoms with van der Waals surface area (Å²) in [6.07, 6.45) is 4.41. The number of hydrogen-bond donors (Lipinski definition) is 2. The van der Waals surface area contributed by atoms with E-state index in [2.05, 4.69) is 35.5 Å². The number of fused-ring (bicyclic) bond motifs is 1. The third kappa shape index (κ3) is 2.99. The van der Waals surface area contributed by atoms with Crippen LogP contribution in [0.5, 0.6) is 0 Å². The maximum Gasteiger partial charge on any atom is 0.0679 e. The number of benzene rings is 1. The molecule has 2 unspecified atom stereocenters. The number of aliphatic hydroxyl groups is 1. The summed E-state index contributed by atoms with van der Waals surface area (Å²) in [5.74, 6) is 0. The highest BCUT2D eigenvalue weighted by atomic mass is 16.3. The van der Waals surface area contributed by atoms with E-state index >= 15 is 0 Å². The van der Waals surface area contributed by atoms with Gasteiger partial charge >= 0.3 is 0 Å². The fourth-order valence-corrected chi connectivity index (χ4v) is 3.37. The molecular formula is C16H24N2O. The van der Waals surface area contributed by atoms with Gasteiger partial charge in [0.05, 0.1) is 6.10 Å². The average molecular weight is 260 g/mol. The summed E-state index contributed by atoms with van der Waals surface area (Å²) < 4.78 is 0. The van der Waals surface area contributed by atoms with Gasteiger partial charge in [0.25, 0.3) is 0 Å². The third-order valence-corrected chi connectivity index (χ3v) is 4.56. The summed E-state index contributed by atoms with van der Waals surface area (Å²) in [4.78, 5) is 2.35. The molecule has 1 aromatic carbocycles. The summed E-state index contributed by atoms with van der Waals surface area (Å²) in [5, 5.41) is 13.0. The van der Waals surface area contributed by atoms with Gasteiger partial charge in [-0.25, -0.2) is 0 Å². The van der Waals surface area contributed by atoms with E-state index in [1.165, 1.54) is 29.5 Å². The number of likely N-dealkylation sites (N-methyl/N-ethyl adjacent to an activating group) is 1. The van der Waals surface area contributed by atoms with E-state index in [1.807, 2.05) is 0 Å². The quantitative estimate of drug-likeness (QED) is 0.860. The highest BCUT2D eigenvalue weighted by molar-refractivity contribution is 5.34. The Bertz CT molecular complexity index is 446. The highest BCUT2D eigenvalue weighted by Crippen LogP contribution is 2.24. The summed E-state index contributed by atoms with van der Waals surface area (Å²) >= 11 is 0. The Hall–Kier alpha value is -0.900. The summed E-state index contributed by atoms with van der Waals surface area (Å²) in [6.45, 7) is 2.85. The molecule has 0 aromatic heterocycles. The van der Waals surface area contributed by atoms with Crippen molar-refractivity contribution < 1.29 is 5.11 Å². The van der Waals surface area contributed by atoms with E-state index in [-0.39, 0.29) is 6.10 Å². The lowest BCUT2D eigenvalue weighted by atomic mass is 9.87. The molecule has 2 atom stereocenters. The lowest BCUT2D eigenvalue weighted by molar-refractivity contribution is 0.175. The van der Waals surface area contributed by atoms with Gasteiger partial charge in [0, 0.05) is 25.7 Å².